The van der Waals surface area contributed by atoms with E-state index in [2.05, 4.69) is 10.5 Å². The fraction of sp³-hybridized carbons (Fsp3) is 0.100. The quantitative estimate of drug-likeness (QED) is 0.428. The number of fused-ring (bicyclic) bond motifs is 2. The van der Waals surface area contributed by atoms with Crippen molar-refractivity contribution >= 4 is 28.6 Å². The summed E-state index contributed by atoms with van der Waals surface area (Å²) in [5.74, 6) is 0.549. The highest BCUT2D eigenvalue weighted by molar-refractivity contribution is 5.89. The first-order valence-corrected chi connectivity index (χ1v) is 8.50. The monoisotopic (exact) mass is 377 g/mol. The highest BCUT2D eigenvalue weighted by Crippen LogP contribution is 2.35. The number of carbonyl (C=O) groups is 1. The van der Waals surface area contributed by atoms with Gasteiger partial charge in [0.05, 0.1) is 16.7 Å². The molecule has 1 aliphatic heterocycles. The summed E-state index contributed by atoms with van der Waals surface area (Å²) in [6, 6.07) is 17.6. The van der Waals surface area contributed by atoms with E-state index in [1.807, 2.05) is 36.4 Å². The van der Waals surface area contributed by atoms with Crippen LogP contribution in [0.4, 0.5) is 5.69 Å². The Balaban J connectivity index is 1.45. The van der Waals surface area contributed by atoms with Crippen molar-refractivity contribution < 1.29 is 19.2 Å². The first kappa shape index (κ1) is 17.5. The average Bonchev–Trinajstić information content (AvgIpc) is 2.72. The predicted molar refractivity (Wildman–Crippen MR) is 103 cm³/mol. The van der Waals surface area contributed by atoms with E-state index < -0.39 is 16.9 Å². The molecule has 0 fully saturated rings. The van der Waals surface area contributed by atoms with Gasteiger partial charge in [0.25, 0.3) is 11.6 Å². The van der Waals surface area contributed by atoms with Gasteiger partial charge in [-0.15, -0.1) is 0 Å². The third-order valence-corrected chi connectivity index (χ3v) is 4.28. The molecular weight excluding hydrogens is 362 g/mol. The number of rotatable bonds is 4. The van der Waals surface area contributed by atoms with E-state index in [9.17, 15) is 14.9 Å². The summed E-state index contributed by atoms with van der Waals surface area (Å²) in [4.78, 5) is 22.8. The van der Waals surface area contributed by atoms with E-state index >= 15 is 0 Å². The molecule has 1 heterocycles. The zero-order valence-corrected chi connectivity index (χ0v) is 14.6. The summed E-state index contributed by atoms with van der Waals surface area (Å²) in [5, 5.41) is 16.8. The minimum absolute atomic E-state index is 0.0399. The molecule has 8 heteroatoms. The Kier molecular flexibility index (Phi) is 4.59. The van der Waals surface area contributed by atoms with Crippen LogP contribution >= 0.6 is 0 Å². The molecule has 8 nitrogen and oxygen atoms in total. The first-order chi connectivity index (χ1) is 13.6. The maximum absolute atomic E-state index is 12.3. The van der Waals surface area contributed by atoms with Crippen LogP contribution in [0.15, 0.2) is 65.8 Å². The molecule has 0 aromatic heterocycles. The number of benzene rings is 3. The Bertz CT molecular complexity index is 1100. The number of amides is 1. The van der Waals surface area contributed by atoms with E-state index in [0.29, 0.717) is 11.5 Å². The molecule has 0 saturated heterocycles. The van der Waals surface area contributed by atoms with Crippen LogP contribution in [0.5, 0.6) is 11.5 Å². The smallest absolute Gasteiger partial charge is 0.284 e. The Morgan fingerprint density at radius 3 is 2.54 bits per heavy atom. The second-order valence-electron chi connectivity index (χ2n) is 6.11. The lowest BCUT2D eigenvalue weighted by Gasteiger charge is -2.25. The molecule has 0 saturated carbocycles. The number of para-hydroxylation sites is 1. The van der Waals surface area contributed by atoms with E-state index in [1.165, 1.54) is 18.3 Å². The molecule has 1 atom stereocenters. The fourth-order valence-electron chi connectivity index (χ4n) is 2.89. The number of hydrogen-bond donors (Lipinski definition) is 1. The normalized spacial score (nSPS) is 15.5. The van der Waals surface area contributed by atoms with Gasteiger partial charge in [-0.1, -0.05) is 36.4 Å². The molecule has 140 valence electrons. The van der Waals surface area contributed by atoms with Crippen molar-refractivity contribution in [1.29, 1.82) is 0 Å². The Morgan fingerprint density at radius 2 is 1.79 bits per heavy atom. The third-order valence-electron chi connectivity index (χ3n) is 4.28. The topological polar surface area (TPSA) is 103 Å². The van der Waals surface area contributed by atoms with Crippen LogP contribution in [-0.2, 0) is 4.79 Å². The van der Waals surface area contributed by atoms with Crippen LogP contribution in [0.1, 0.15) is 5.56 Å². The highest BCUT2D eigenvalue weighted by atomic mass is 16.6. The standard InChI is InChI=1S/C20H15N3O5/c24-20(22-21-11-15-7-3-4-8-16(15)23(25)26)19-12-27-17-9-13-5-1-2-6-14(13)10-18(17)28-19/h1-11,19H,12H2,(H,22,24)/b21-11+. The van der Waals surface area contributed by atoms with Gasteiger partial charge in [-0.2, -0.15) is 5.10 Å². The van der Waals surface area contributed by atoms with Gasteiger partial charge in [0.1, 0.15) is 6.61 Å². The van der Waals surface area contributed by atoms with E-state index in [4.69, 9.17) is 9.47 Å². The van der Waals surface area contributed by atoms with Crippen molar-refractivity contribution in [2.75, 3.05) is 6.61 Å². The van der Waals surface area contributed by atoms with Gasteiger partial charge in [0.2, 0.25) is 6.10 Å². The summed E-state index contributed by atoms with van der Waals surface area (Å²) in [6.07, 6.45) is 0.345. The van der Waals surface area contributed by atoms with Gasteiger partial charge >= 0.3 is 0 Å². The number of ether oxygens (including phenoxy) is 2. The minimum atomic E-state index is -0.878. The van der Waals surface area contributed by atoms with Gasteiger partial charge < -0.3 is 9.47 Å². The SMILES string of the molecule is O=C(N/N=C/c1ccccc1[N+](=O)[O-])C1COc2cc3ccccc3cc2O1. The van der Waals surface area contributed by atoms with Gasteiger partial charge in [-0.3, -0.25) is 14.9 Å². The summed E-state index contributed by atoms with van der Waals surface area (Å²) < 4.78 is 11.4. The van der Waals surface area contributed by atoms with Gasteiger partial charge in [-0.05, 0) is 29.0 Å². The zero-order chi connectivity index (χ0) is 19.5. The van der Waals surface area contributed by atoms with E-state index in [0.717, 1.165) is 10.8 Å². The number of nitro groups is 1. The molecular formula is C20H15N3O5. The highest BCUT2D eigenvalue weighted by Gasteiger charge is 2.27. The molecule has 1 N–H and O–H groups in total. The predicted octanol–water partition coefficient (Wildman–Crippen LogP) is 3.04. The largest absolute Gasteiger partial charge is 0.485 e. The molecule has 0 aliphatic carbocycles. The molecule has 0 spiro atoms. The van der Waals surface area contributed by atoms with Crippen LogP contribution < -0.4 is 14.9 Å². The van der Waals surface area contributed by atoms with Crippen molar-refractivity contribution in [2.45, 2.75) is 6.10 Å². The lowest BCUT2D eigenvalue weighted by atomic mass is 10.1. The lowest BCUT2D eigenvalue weighted by molar-refractivity contribution is -0.385. The molecule has 1 unspecified atom stereocenters. The molecule has 0 bridgehead atoms. The number of hydrazone groups is 1. The van der Waals surface area contributed by atoms with Crippen LogP contribution in [0.3, 0.4) is 0 Å². The molecule has 4 rings (SSSR count). The Morgan fingerprint density at radius 1 is 1.11 bits per heavy atom. The summed E-state index contributed by atoms with van der Waals surface area (Å²) in [5.41, 5.74) is 2.52. The fourth-order valence-corrected chi connectivity index (χ4v) is 2.89. The van der Waals surface area contributed by atoms with Crippen molar-refractivity contribution in [1.82, 2.24) is 5.43 Å². The van der Waals surface area contributed by atoms with E-state index in [1.54, 1.807) is 12.1 Å². The van der Waals surface area contributed by atoms with Crippen molar-refractivity contribution in [3.63, 3.8) is 0 Å². The second-order valence-corrected chi connectivity index (χ2v) is 6.11. The van der Waals surface area contributed by atoms with Crippen molar-refractivity contribution in [3.8, 4) is 11.5 Å². The molecule has 28 heavy (non-hydrogen) atoms. The third kappa shape index (κ3) is 3.48. The summed E-state index contributed by atoms with van der Waals surface area (Å²) >= 11 is 0. The number of nitrogens with zero attached hydrogens (tertiary/aromatic N) is 2. The number of hydrogen-bond acceptors (Lipinski definition) is 6. The van der Waals surface area contributed by atoms with Gasteiger partial charge in [0.15, 0.2) is 11.5 Å². The van der Waals surface area contributed by atoms with Crippen molar-refractivity contribution in [3.05, 3.63) is 76.3 Å². The second kappa shape index (κ2) is 7.36. The lowest BCUT2D eigenvalue weighted by Crippen LogP contribution is -2.42. The molecule has 0 radical (unpaired) electrons. The number of nitro benzene ring substituents is 1. The zero-order valence-electron chi connectivity index (χ0n) is 14.6. The summed E-state index contributed by atoms with van der Waals surface area (Å²) in [7, 11) is 0. The molecule has 1 aliphatic rings. The average molecular weight is 377 g/mol. The Hall–Kier alpha value is -3.94. The van der Waals surface area contributed by atoms with Crippen molar-refractivity contribution in [2.24, 2.45) is 5.10 Å². The maximum atomic E-state index is 12.3. The van der Waals surface area contributed by atoms with Crippen LogP contribution in [-0.4, -0.2) is 29.8 Å². The van der Waals surface area contributed by atoms with Crippen LogP contribution in [0.25, 0.3) is 10.8 Å². The molecule has 3 aromatic carbocycles. The number of carbonyl (C=O) groups excluding carboxylic acids is 1. The Labute approximate surface area is 159 Å². The summed E-state index contributed by atoms with van der Waals surface area (Å²) in [6.45, 7) is 0.0399. The van der Waals surface area contributed by atoms with Gasteiger partial charge in [0, 0.05) is 6.07 Å². The van der Waals surface area contributed by atoms with E-state index in [-0.39, 0.29) is 17.9 Å². The van der Waals surface area contributed by atoms with Crippen LogP contribution in [0, 0.1) is 10.1 Å². The minimum Gasteiger partial charge on any atom is -0.485 e. The maximum Gasteiger partial charge on any atom is 0.284 e. The molecule has 1 amide bonds. The van der Waals surface area contributed by atoms with Crippen LogP contribution in [0.2, 0.25) is 0 Å². The first-order valence-electron chi connectivity index (χ1n) is 8.50. The number of nitrogens with one attached hydrogen (secondary N) is 1. The molecule has 3 aromatic rings. The van der Waals surface area contributed by atoms with Gasteiger partial charge in [-0.25, -0.2) is 5.43 Å².